The molecule has 0 heterocycles. The second-order valence-electron chi connectivity index (χ2n) is 4.01. The van der Waals surface area contributed by atoms with Gasteiger partial charge in [-0.05, 0) is 45.8 Å². The maximum Gasteiger partial charge on any atom is 0.252 e. The summed E-state index contributed by atoms with van der Waals surface area (Å²) < 4.78 is 0.707. The molecule has 2 rings (SSSR count). The van der Waals surface area contributed by atoms with Crippen LogP contribution in [-0.2, 0) is 6.54 Å². The Bertz CT molecular complexity index is 616. The summed E-state index contributed by atoms with van der Waals surface area (Å²) in [6.07, 6.45) is 0. The summed E-state index contributed by atoms with van der Waals surface area (Å²) in [4.78, 5) is 12.1. The summed E-state index contributed by atoms with van der Waals surface area (Å²) in [6, 6.07) is 12.5. The third-order valence-corrected chi connectivity index (χ3v) is 3.69. The minimum atomic E-state index is -0.195. The fraction of sp³-hybridized carbons (Fsp3) is 0.0714. The fourth-order valence-corrected chi connectivity index (χ4v) is 2.26. The maximum atomic E-state index is 12.1. The SMILES string of the molecule is Nc1ccc(Br)c(C(=O)NCc2ccccc2Cl)c1. The average Bonchev–Trinajstić information content (AvgIpc) is 2.40. The van der Waals surface area contributed by atoms with Crippen LogP contribution in [0, 0.1) is 0 Å². The Morgan fingerprint density at radius 3 is 2.74 bits per heavy atom. The average molecular weight is 340 g/mol. The molecule has 1 amide bonds. The topological polar surface area (TPSA) is 55.1 Å². The molecule has 0 spiro atoms. The number of benzene rings is 2. The molecule has 0 aromatic heterocycles. The lowest BCUT2D eigenvalue weighted by Crippen LogP contribution is -2.23. The number of halogens is 2. The van der Waals surface area contributed by atoms with E-state index in [0.29, 0.717) is 27.3 Å². The molecule has 0 saturated heterocycles. The quantitative estimate of drug-likeness (QED) is 0.839. The van der Waals surface area contributed by atoms with E-state index in [1.165, 1.54) is 0 Å². The smallest absolute Gasteiger partial charge is 0.252 e. The van der Waals surface area contributed by atoms with Crippen LogP contribution in [0.2, 0.25) is 5.02 Å². The number of hydrogen-bond acceptors (Lipinski definition) is 2. The van der Waals surface area contributed by atoms with Gasteiger partial charge in [-0.25, -0.2) is 0 Å². The molecule has 0 saturated carbocycles. The monoisotopic (exact) mass is 338 g/mol. The highest BCUT2D eigenvalue weighted by Gasteiger charge is 2.10. The molecule has 3 N–H and O–H groups in total. The van der Waals surface area contributed by atoms with Crippen molar-refractivity contribution >= 4 is 39.1 Å². The molecule has 0 fully saturated rings. The van der Waals surface area contributed by atoms with Crippen molar-refractivity contribution in [2.24, 2.45) is 0 Å². The van der Waals surface area contributed by atoms with Gasteiger partial charge in [0.25, 0.3) is 5.91 Å². The van der Waals surface area contributed by atoms with E-state index in [2.05, 4.69) is 21.2 Å². The third kappa shape index (κ3) is 3.49. The molecule has 0 radical (unpaired) electrons. The van der Waals surface area contributed by atoms with E-state index >= 15 is 0 Å². The minimum absolute atomic E-state index is 0.195. The van der Waals surface area contributed by atoms with Gasteiger partial charge in [-0.1, -0.05) is 29.8 Å². The second kappa shape index (κ2) is 6.08. The van der Waals surface area contributed by atoms with Crippen molar-refractivity contribution in [3.63, 3.8) is 0 Å². The molecule has 0 aliphatic carbocycles. The summed E-state index contributed by atoms with van der Waals surface area (Å²) in [5.41, 5.74) is 7.60. The lowest BCUT2D eigenvalue weighted by molar-refractivity contribution is 0.0950. The van der Waals surface area contributed by atoms with Gasteiger partial charge >= 0.3 is 0 Å². The van der Waals surface area contributed by atoms with Crippen LogP contribution in [-0.4, -0.2) is 5.91 Å². The van der Waals surface area contributed by atoms with Gasteiger partial charge in [0.2, 0.25) is 0 Å². The molecule has 0 unspecified atom stereocenters. The van der Waals surface area contributed by atoms with E-state index in [1.807, 2.05) is 18.2 Å². The van der Waals surface area contributed by atoms with E-state index < -0.39 is 0 Å². The zero-order chi connectivity index (χ0) is 13.8. The van der Waals surface area contributed by atoms with E-state index in [9.17, 15) is 4.79 Å². The zero-order valence-corrected chi connectivity index (χ0v) is 12.3. The van der Waals surface area contributed by atoms with Crippen molar-refractivity contribution in [3.8, 4) is 0 Å². The molecule has 98 valence electrons. The van der Waals surface area contributed by atoms with Crippen molar-refractivity contribution in [1.82, 2.24) is 5.32 Å². The van der Waals surface area contributed by atoms with Gasteiger partial charge in [0, 0.05) is 21.7 Å². The van der Waals surface area contributed by atoms with Crippen LogP contribution >= 0.6 is 27.5 Å². The van der Waals surface area contributed by atoms with Gasteiger partial charge in [0.05, 0.1) is 5.56 Å². The second-order valence-corrected chi connectivity index (χ2v) is 5.27. The summed E-state index contributed by atoms with van der Waals surface area (Å²) in [6.45, 7) is 0.375. The van der Waals surface area contributed by atoms with Gasteiger partial charge in [0.1, 0.15) is 0 Å². The Balaban J connectivity index is 2.10. The molecular weight excluding hydrogens is 328 g/mol. The van der Waals surface area contributed by atoms with E-state index in [1.54, 1.807) is 24.3 Å². The number of carbonyl (C=O) groups is 1. The lowest BCUT2D eigenvalue weighted by atomic mass is 10.1. The number of nitrogens with two attached hydrogens (primary N) is 1. The molecule has 0 bridgehead atoms. The van der Waals surface area contributed by atoms with Crippen LogP contribution in [0.5, 0.6) is 0 Å². The number of nitrogen functional groups attached to an aromatic ring is 1. The Morgan fingerprint density at radius 1 is 1.26 bits per heavy atom. The summed E-state index contributed by atoms with van der Waals surface area (Å²) in [5.74, 6) is -0.195. The van der Waals surface area contributed by atoms with E-state index in [-0.39, 0.29) is 5.91 Å². The normalized spacial score (nSPS) is 10.2. The predicted octanol–water partition coefficient (Wildman–Crippen LogP) is 3.61. The predicted molar refractivity (Wildman–Crippen MR) is 81.2 cm³/mol. The molecule has 2 aromatic rings. The van der Waals surface area contributed by atoms with Crippen LogP contribution < -0.4 is 11.1 Å². The van der Waals surface area contributed by atoms with E-state index in [4.69, 9.17) is 17.3 Å². The standard InChI is InChI=1S/C14H12BrClN2O/c15-12-6-5-10(17)7-11(12)14(19)18-8-9-3-1-2-4-13(9)16/h1-7H,8,17H2,(H,18,19). The Hall–Kier alpha value is -1.52. The summed E-state index contributed by atoms with van der Waals surface area (Å²) in [5, 5.41) is 3.45. The Morgan fingerprint density at radius 2 is 2.00 bits per heavy atom. The first-order valence-corrected chi connectivity index (χ1v) is 6.81. The maximum absolute atomic E-state index is 12.1. The van der Waals surface area contributed by atoms with Gasteiger partial charge in [-0.2, -0.15) is 0 Å². The molecule has 2 aromatic carbocycles. The van der Waals surface area contributed by atoms with Crippen molar-refractivity contribution < 1.29 is 4.79 Å². The van der Waals surface area contributed by atoms with Gasteiger partial charge in [-0.3, -0.25) is 4.79 Å². The van der Waals surface area contributed by atoms with Crippen molar-refractivity contribution in [3.05, 3.63) is 63.1 Å². The first-order valence-electron chi connectivity index (χ1n) is 5.64. The zero-order valence-electron chi connectivity index (χ0n) is 9.99. The lowest BCUT2D eigenvalue weighted by Gasteiger charge is -2.08. The highest BCUT2D eigenvalue weighted by molar-refractivity contribution is 9.10. The van der Waals surface area contributed by atoms with Crippen LogP contribution in [0.3, 0.4) is 0 Å². The largest absolute Gasteiger partial charge is 0.399 e. The number of anilines is 1. The first kappa shape index (κ1) is 13.9. The molecule has 0 aliphatic heterocycles. The van der Waals surface area contributed by atoms with Crippen molar-refractivity contribution in [2.75, 3.05) is 5.73 Å². The number of nitrogens with one attached hydrogen (secondary N) is 1. The van der Waals surface area contributed by atoms with Crippen molar-refractivity contribution in [2.45, 2.75) is 6.54 Å². The van der Waals surface area contributed by atoms with Gasteiger partial charge in [0.15, 0.2) is 0 Å². The van der Waals surface area contributed by atoms with E-state index in [0.717, 1.165) is 5.56 Å². The number of rotatable bonds is 3. The van der Waals surface area contributed by atoms with Crippen LogP contribution in [0.1, 0.15) is 15.9 Å². The molecular formula is C14H12BrClN2O. The molecule has 19 heavy (non-hydrogen) atoms. The number of amides is 1. The molecule has 0 aliphatic rings. The van der Waals surface area contributed by atoms with Gasteiger partial charge < -0.3 is 11.1 Å². The molecule has 3 nitrogen and oxygen atoms in total. The fourth-order valence-electron chi connectivity index (χ4n) is 1.63. The summed E-state index contributed by atoms with van der Waals surface area (Å²) in [7, 11) is 0. The van der Waals surface area contributed by atoms with Crippen LogP contribution in [0.15, 0.2) is 46.9 Å². The highest BCUT2D eigenvalue weighted by atomic mass is 79.9. The highest BCUT2D eigenvalue weighted by Crippen LogP contribution is 2.20. The minimum Gasteiger partial charge on any atom is -0.399 e. The Labute approximate surface area is 124 Å². The van der Waals surface area contributed by atoms with Gasteiger partial charge in [-0.15, -0.1) is 0 Å². The van der Waals surface area contributed by atoms with Crippen LogP contribution in [0.25, 0.3) is 0 Å². The Kier molecular flexibility index (Phi) is 4.45. The number of hydrogen-bond donors (Lipinski definition) is 2. The molecule has 5 heteroatoms. The first-order chi connectivity index (χ1) is 9.08. The van der Waals surface area contributed by atoms with Crippen molar-refractivity contribution in [1.29, 1.82) is 0 Å². The third-order valence-electron chi connectivity index (χ3n) is 2.63. The van der Waals surface area contributed by atoms with Crippen LogP contribution in [0.4, 0.5) is 5.69 Å². The number of carbonyl (C=O) groups excluding carboxylic acids is 1. The molecule has 0 atom stereocenters. The summed E-state index contributed by atoms with van der Waals surface area (Å²) >= 11 is 9.36.